The molecule has 0 radical (unpaired) electrons. The van der Waals surface area contributed by atoms with Crippen molar-refractivity contribution in [2.45, 2.75) is 6.92 Å². The Morgan fingerprint density at radius 3 is 2.73 bits per heavy atom. The lowest BCUT2D eigenvalue weighted by Gasteiger charge is -2.22. The zero-order chi connectivity index (χ0) is 17.9. The molecule has 0 saturated carbocycles. The lowest BCUT2D eigenvalue weighted by atomic mass is 10.1. The molecule has 0 atom stereocenters. The molecule has 0 fully saturated rings. The quantitative estimate of drug-likeness (QED) is 0.556. The summed E-state index contributed by atoms with van der Waals surface area (Å²) in [6, 6.07) is 19.8. The van der Waals surface area contributed by atoms with Crippen LogP contribution in [0.1, 0.15) is 6.92 Å². The topological polar surface area (TPSA) is 59.7 Å². The van der Waals surface area contributed by atoms with Gasteiger partial charge in [-0.05, 0) is 30.5 Å². The molecule has 0 bridgehead atoms. The van der Waals surface area contributed by atoms with E-state index >= 15 is 0 Å². The molecule has 0 aliphatic heterocycles. The first kappa shape index (κ1) is 16.1. The fourth-order valence-corrected chi connectivity index (χ4v) is 3.05. The van der Waals surface area contributed by atoms with Crippen LogP contribution < -0.4 is 9.64 Å². The Morgan fingerprint density at radius 1 is 1.04 bits per heavy atom. The highest BCUT2D eigenvalue weighted by atomic mass is 16.5. The van der Waals surface area contributed by atoms with Gasteiger partial charge in [-0.1, -0.05) is 47.6 Å². The summed E-state index contributed by atoms with van der Waals surface area (Å²) < 4.78 is 7.35. The summed E-state index contributed by atoms with van der Waals surface area (Å²) in [5.74, 6) is -0.128. The van der Waals surface area contributed by atoms with Crippen LogP contribution in [0.3, 0.4) is 0 Å². The Morgan fingerprint density at radius 2 is 1.85 bits per heavy atom. The summed E-state index contributed by atoms with van der Waals surface area (Å²) in [6.45, 7) is 2.40. The fourth-order valence-electron chi connectivity index (χ4n) is 3.05. The van der Waals surface area contributed by atoms with Crippen molar-refractivity contribution >= 4 is 28.0 Å². The number of hydrogen-bond acceptors (Lipinski definition) is 4. The van der Waals surface area contributed by atoms with E-state index in [4.69, 9.17) is 4.74 Å². The number of ether oxygens (including phenoxy) is 1. The Bertz CT molecular complexity index is 1070. The maximum atomic E-state index is 12.8. The molecule has 26 heavy (non-hydrogen) atoms. The number of fused-ring (bicyclic) bond motifs is 2. The van der Waals surface area contributed by atoms with E-state index < -0.39 is 0 Å². The molecule has 0 saturated heterocycles. The number of carbonyl (C=O) groups is 1. The molecule has 0 unspecified atom stereocenters. The third-order valence-corrected chi connectivity index (χ3v) is 4.28. The molecule has 6 nitrogen and oxygen atoms in total. The average Bonchev–Trinajstić information content (AvgIpc) is 3.10. The van der Waals surface area contributed by atoms with E-state index in [0.29, 0.717) is 18.2 Å². The SMILES string of the molecule is CCN(C(=O)COc1nnc2ccccn12)c1cccc2ccccc12. The first-order valence-corrected chi connectivity index (χ1v) is 8.48. The standard InChI is InChI=1S/C20H18N4O2/c1-2-23(17-11-7-9-15-8-3-4-10-16(15)17)19(25)14-26-20-22-21-18-12-5-6-13-24(18)20/h3-13H,2,14H2,1H3. The summed E-state index contributed by atoms with van der Waals surface area (Å²) in [5.41, 5.74) is 1.56. The van der Waals surface area contributed by atoms with E-state index in [1.165, 1.54) is 0 Å². The molecule has 2 heterocycles. The Labute approximate surface area is 150 Å². The summed E-state index contributed by atoms with van der Waals surface area (Å²) in [7, 11) is 0. The monoisotopic (exact) mass is 346 g/mol. The van der Waals surface area contributed by atoms with Crippen LogP contribution in [0.5, 0.6) is 6.01 Å². The molecule has 2 aromatic heterocycles. The molecule has 1 amide bonds. The molecule has 130 valence electrons. The van der Waals surface area contributed by atoms with Crippen molar-refractivity contribution in [1.29, 1.82) is 0 Å². The second-order valence-electron chi connectivity index (χ2n) is 5.84. The van der Waals surface area contributed by atoms with Gasteiger partial charge in [0.15, 0.2) is 12.3 Å². The second kappa shape index (κ2) is 6.84. The van der Waals surface area contributed by atoms with Crippen LogP contribution in [0, 0.1) is 0 Å². The van der Waals surface area contributed by atoms with E-state index in [-0.39, 0.29) is 12.5 Å². The number of nitrogens with zero attached hydrogens (tertiary/aromatic N) is 4. The van der Waals surface area contributed by atoms with Crippen LogP contribution in [0.25, 0.3) is 16.4 Å². The first-order chi connectivity index (χ1) is 12.8. The van der Waals surface area contributed by atoms with E-state index in [2.05, 4.69) is 10.2 Å². The Balaban J connectivity index is 1.57. The number of pyridine rings is 1. The molecule has 6 heteroatoms. The van der Waals surface area contributed by atoms with Gasteiger partial charge in [-0.2, -0.15) is 0 Å². The maximum Gasteiger partial charge on any atom is 0.322 e. The van der Waals surface area contributed by atoms with E-state index in [1.807, 2.05) is 67.6 Å². The largest absolute Gasteiger partial charge is 0.453 e. The van der Waals surface area contributed by atoms with Crippen LogP contribution in [-0.2, 0) is 4.79 Å². The summed E-state index contributed by atoms with van der Waals surface area (Å²) >= 11 is 0. The van der Waals surface area contributed by atoms with Crippen molar-refractivity contribution in [2.75, 3.05) is 18.1 Å². The molecule has 4 rings (SSSR count). The van der Waals surface area contributed by atoms with Crippen LogP contribution in [0.2, 0.25) is 0 Å². The van der Waals surface area contributed by atoms with Gasteiger partial charge >= 0.3 is 6.01 Å². The van der Waals surface area contributed by atoms with Gasteiger partial charge in [0, 0.05) is 18.1 Å². The summed E-state index contributed by atoms with van der Waals surface area (Å²) in [4.78, 5) is 14.5. The third-order valence-electron chi connectivity index (χ3n) is 4.28. The summed E-state index contributed by atoms with van der Waals surface area (Å²) in [6.07, 6.45) is 1.80. The number of carbonyl (C=O) groups excluding carboxylic acids is 1. The minimum Gasteiger partial charge on any atom is -0.453 e. The smallest absolute Gasteiger partial charge is 0.322 e. The van der Waals surface area contributed by atoms with Crippen LogP contribution in [0.4, 0.5) is 5.69 Å². The van der Waals surface area contributed by atoms with Crippen molar-refractivity contribution in [2.24, 2.45) is 0 Å². The molecular formula is C20H18N4O2. The van der Waals surface area contributed by atoms with Gasteiger partial charge in [0.2, 0.25) is 0 Å². The average molecular weight is 346 g/mol. The Hall–Kier alpha value is -3.41. The first-order valence-electron chi connectivity index (χ1n) is 8.48. The predicted octanol–water partition coefficient (Wildman–Crippen LogP) is 3.31. The second-order valence-corrected chi connectivity index (χ2v) is 5.84. The minimum atomic E-state index is -0.128. The number of anilines is 1. The highest BCUT2D eigenvalue weighted by Crippen LogP contribution is 2.26. The Kier molecular flexibility index (Phi) is 4.23. The minimum absolute atomic E-state index is 0.104. The van der Waals surface area contributed by atoms with Crippen LogP contribution >= 0.6 is 0 Å². The number of amides is 1. The van der Waals surface area contributed by atoms with Gasteiger partial charge in [0.25, 0.3) is 5.91 Å². The van der Waals surface area contributed by atoms with Crippen molar-refractivity contribution in [3.8, 4) is 6.01 Å². The maximum absolute atomic E-state index is 12.8. The summed E-state index contributed by atoms with van der Waals surface area (Å²) in [5, 5.41) is 10.2. The molecular weight excluding hydrogens is 328 g/mol. The van der Waals surface area contributed by atoms with Gasteiger partial charge < -0.3 is 9.64 Å². The van der Waals surface area contributed by atoms with Crippen molar-refractivity contribution in [3.63, 3.8) is 0 Å². The van der Waals surface area contributed by atoms with Crippen molar-refractivity contribution in [3.05, 3.63) is 66.9 Å². The third kappa shape index (κ3) is 2.86. The van der Waals surface area contributed by atoms with Gasteiger partial charge in [0.1, 0.15) is 0 Å². The van der Waals surface area contributed by atoms with Gasteiger partial charge in [-0.15, -0.1) is 5.10 Å². The molecule has 0 N–H and O–H groups in total. The van der Waals surface area contributed by atoms with Gasteiger partial charge in [-0.3, -0.25) is 9.20 Å². The van der Waals surface area contributed by atoms with Crippen molar-refractivity contribution < 1.29 is 9.53 Å². The molecule has 2 aromatic carbocycles. The number of benzene rings is 2. The lowest BCUT2D eigenvalue weighted by Crippen LogP contribution is -2.35. The van der Waals surface area contributed by atoms with Crippen LogP contribution in [-0.4, -0.2) is 33.7 Å². The van der Waals surface area contributed by atoms with E-state index in [0.717, 1.165) is 16.5 Å². The fraction of sp³-hybridized carbons (Fsp3) is 0.150. The van der Waals surface area contributed by atoms with Crippen LogP contribution in [0.15, 0.2) is 66.9 Å². The lowest BCUT2D eigenvalue weighted by molar-refractivity contribution is -0.120. The molecule has 0 aliphatic rings. The highest BCUT2D eigenvalue weighted by molar-refractivity contribution is 6.04. The molecule has 4 aromatic rings. The van der Waals surface area contributed by atoms with E-state index in [9.17, 15) is 4.79 Å². The predicted molar refractivity (Wildman–Crippen MR) is 100 cm³/mol. The number of rotatable bonds is 5. The highest BCUT2D eigenvalue weighted by Gasteiger charge is 2.18. The number of aromatic nitrogens is 3. The van der Waals surface area contributed by atoms with Gasteiger partial charge in [0.05, 0.1) is 5.69 Å². The van der Waals surface area contributed by atoms with E-state index in [1.54, 1.807) is 15.5 Å². The number of likely N-dealkylation sites (N-methyl/N-ethyl adjacent to an activating group) is 1. The molecule has 0 spiro atoms. The normalized spacial score (nSPS) is 11.0. The molecule has 0 aliphatic carbocycles. The zero-order valence-corrected chi connectivity index (χ0v) is 14.4. The number of hydrogen-bond donors (Lipinski definition) is 0. The van der Waals surface area contributed by atoms with Crippen molar-refractivity contribution in [1.82, 2.24) is 14.6 Å². The zero-order valence-electron chi connectivity index (χ0n) is 14.4. The van der Waals surface area contributed by atoms with Gasteiger partial charge in [-0.25, -0.2) is 0 Å².